The quantitative estimate of drug-likeness (QED) is 0.758. The van der Waals surface area contributed by atoms with E-state index in [0.29, 0.717) is 0 Å². The van der Waals surface area contributed by atoms with Gasteiger partial charge in [0.05, 0.1) is 11.1 Å². The summed E-state index contributed by atoms with van der Waals surface area (Å²) in [6.07, 6.45) is 6.03. The number of anilines is 2. The van der Waals surface area contributed by atoms with E-state index in [0.717, 1.165) is 0 Å². The summed E-state index contributed by atoms with van der Waals surface area (Å²) in [6, 6.07) is 9.68. The number of aromatic nitrogens is 4. The van der Waals surface area contributed by atoms with Crippen LogP contribution in [0.4, 0.5) is 11.9 Å². The zero-order valence-electron chi connectivity index (χ0n) is 12.4. The number of nitrogens with one attached hydrogen (secondary N) is 2. The lowest BCUT2D eigenvalue weighted by Crippen LogP contribution is -2.21. The summed E-state index contributed by atoms with van der Waals surface area (Å²) < 4.78 is 0. The van der Waals surface area contributed by atoms with Gasteiger partial charge in [0.2, 0.25) is 11.9 Å². The Morgan fingerprint density at radius 3 is 1.38 bits per heavy atom. The molecule has 0 saturated heterocycles. The van der Waals surface area contributed by atoms with Crippen molar-refractivity contribution in [1.82, 2.24) is 19.9 Å². The molecular formula is C16H12N6O2. The number of hydrogen-bond acceptors (Lipinski definition) is 6. The minimum atomic E-state index is -0.485. The molecule has 3 aromatic rings. The van der Waals surface area contributed by atoms with Crippen molar-refractivity contribution in [3.8, 4) is 0 Å². The van der Waals surface area contributed by atoms with Gasteiger partial charge in [-0.1, -0.05) is 12.1 Å². The first-order valence-electron chi connectivity index (χ1n) is 7.00. The minimum absolute atomic E-state index is 0.157. The van der Waals surface area contributed by atoms with Crippen LogP contribution < -0.4 is 10.6 Å². The molecule has 1 aromatic carbocycles. The van der Waals surface area contributed by atoms with Crippen LogP contribution >= 0.6 is 0 Å². The maximum Gasteiger partial charge on any atom is 0.258 e. The van der Waals surface area contributed by atoms with Gasteiger partial charge in [0.15, 0.2) is 0 Å². The van der Waals surface area contributed by atoms with Crippen LogP contribution in [0.25, 0.3) is 0 Å². The SMILES string of the molecule is O=C(Nc1ncccn1)c1ccccc1C(=O)Nc1ncccn1. The van der Waals surface area contributed by atoms with Crippen molar-refractivity contribution in [2.45, 2.75) is 0 Å². The third-order valence-corrected chi connectivity index (χ3v) is 3.00. The molecule has 8 heteroatoms. The Morgan fingerprint density at radius 2 is 1.00 bits per heavy atom. The highest BCUT2D eigenvalue weighted by Gasteiger charge is 2.18. The smallest absolute Gasteiger partial charge is 0.258 e. The summed E-state index contributed by atoms with van der Waals surface area (Å²) >= 11 is 0. The number of amides is 2. The van der Waals surface area contributed by atoms with E-state index in [1.807, 2.05) is 0 Å². The summed E-state index contributed by atoms with van der Waals surface area (Å²) in [6.45, 7) is 0. The fourth-order valence-corrected chi connectivity index (χ4v) is 1.94. The van der Waals surface area contributed by atoms with Crippen LogP contribution in [-0.4, -0.2) is 31.8 Å². The van der Waals surface area contributed by atoms with E-state index in [9.17, 15) is 9.59 Å². The normalized spacial score (nSPS) is 10.0. The van der Waals surface area contributed by atoms with Crippen LogP contribution in [-0.2, 0) is 0 Å². The average Bonchev–Trinajstić information content (AvgIpc) is 2.63. The van der Waals surface area contributed by atoms with Gasteiger partial charge < -0.3 is 0 Å². The maximum atomic E-state index is 12.4. The first kappa shape index (κ1) is 15.2. The monoisotopic (exact) mass is 320 g/mol. The Hall–Kier alpha value is -3.68. The number of benzene rings is 1. The summed E-state index contributed by atoms with van der Waals surface area (Å²) in [4.78, 5) is 40.5. The molecule has 8 nitrogen and oxygen atoms in total. The molecule has 24 heavy (non-hydrogen) atoms. The average molecular weight is 320 g/mol. The molecule has 118 valence electrons. The summed E-state index contributed by atoms with van der Waals surface area (Å²) in [5.41, 5.74) is 0.386. The molecule has 0 spiro atoms. The van der Waals surface area contributed by atoms with Gasteiger partial charge in [0.25, 0.3) is 11.8 Å². The van der Waals surface area contributed by atoms with Gasteiger partial charge in [-0.2, -0.15) is 0 Å². The molecule has 0 fully saturated rings. The number of hydrogen-bond donors (Lipinski definition) is 2. The summed E-state index contributed by atoms with van der Waals surface area (Å²) in [5.74, 6) is -0.657. The maximum absolute atomic E-state index is 12.4. The van der Waals surface area contributed by atoms with Crippen LogP contribution in [0.15, 0.2) is 61.2 Å². The van der Waals surface area contributed by atoms with Crippen molar-refractivity contribution in [3.05, 3.63) is 72.3 Å². The third-order valence-electron chi connectivity index (χ3n) is 3.00. The molecule has 0 aliphatic carbocycles. The van der Waals surface area contributed by atoms with E-state index in [1.165, 1.54) is 24.8 Å². The fourth-order valence-electron chi connectivity index (χ4n) is 1.94. The van der Waals surface area contributed by atoms with Gasteiger partial charge in [-0.25, -0.2) is 19.9 Å². The molecule has 2 heterocycles. The number of carbonyl (C=O) groups is 2. The van der Waals surface area contributed by atoms with Gasteiger partial charge in [0, 0.05) is 24.8 Å². The fraction of sp³-hybridized carbons (Fsp3) is 0. The van der Waals surface area contributed by atoms with Gasteiger partial charge in [0.1, 0.15) is 0 Å². The van der Waals surface area contributed by atoms with Gasteiger partial charge in [-0.05, 0) is 24.3 Å². The highest BCUT2D eigenvalue weighted by Crippen LogP contribution is 2.12. The second-order valence-electron chi connectivity index (χ2n) is 4.60. The topological polar surface area (TPSA) is 110 Å². The van der Waals surface area contributed by atoms with Crippen molar-refractivity contribution in [1.29, 1.82) is 0 Å². The molecule has 0 aliphatic rings. The highest BCUT2D eigenvalue weighted by atomic mass is 16.2. The molecule has 3 rings (SSSR count). The van der Waals surface area contributed by atoms with E-state index in [4.69, 9.17) is 0 Å². The Kier molecular flexibility index (Phi) is 4.47. The first-order chi connectivity index (χ1) is 11.7. The molecule has 0 unspecified atom stereocenters. The second-order valence-corrected chi connectivity index (χ2v) is 4.60. The Balaban J connectivity index is 1.82. The van der Waals surface area contributed by atoms with Crippen molar-refractivity contribution in [2.75, 3.05) is 10.6 Å². The predicted octanol–water partition coefficient (Wildman–Crippen LogP) is 1.77. The van der Waals surface area contributed by atoms with E-state index >= 15 is 0 Å². The molecule has 0 bridgehead atoms. The van der Waals surface area contributed by atoms with E-state index < -0.39 is 11.8 Å². The minimum Gasteiger partial charge on any atom is -0.290 e. The number of carbonyl (C=O) groups excluding carboxylic acids is 2. The summed E-state index contributed by atoms with van der Waals surface area (Å²) in [5, 5.41) is 5.09. The van der Waals surface area contributed by atoms with Crippen LogP contribution in [0.1, 0.15) is 20.7 Å². The lowest BCUT2D eigenvalue weighted by molar-refractivity contribution is 0.0989. The van der Waals surface area contributed by atoms with E-state index in [1.54, 1.807) is 36.4 Å². The van der Waals surface area contributed by atoms with Crippen molar-refractivity contribution < 1.29 is 9.59 Å². The zero-order valence-corrected chi connectivity index (χ0v) is 12.4. The second kappa shape index (κ2) is 7.05. The predicted molar refractivity (Wildman–Crippen MR) is 86.4 cm³/mol. The summed E-state index contributed by atoms with van der Waals surface area (Å²) in [7, 11) is 0. The standard InChI is InChI=1S/C16H12N6O2/c23-13(21-15-17-7-3-8-18-15)11-5-1-2-6-12(11)14(24)22-16-19-9-4-10-20-16/h1-10H,(H,17,18,21,23)(H,19,20,22,24). The van der Waals surface area contributed by atoms with E-state index in [2.05, 4.69) is 30.6 Å². The van der Waals surface area contributed by atoms with Crippen LogP contribution in [0.3, 0.4) is 0 Å². The number of nitrogens with zero attached hydrogens (tertiary/aromatic N) is 4. The van der Waals surface area contributed by atoms with Crippen molar-refractivity contribution >= 4 is 23.7 Å². The van der Waals surface area contributed by atoms with E-state index in [-0.39, 0.29) is 23.0 Å². The van der Waals surface area contributed by atoms with Crippen molar-refractivity contribution in [3.63, 3.8) is 0 Å². The first-order valence-corrected chi connectivity index (χ1v) is 7.00. The van der Waals surface area contributed by atoms with Gasteiger partial charge >= 0.3 is 0 Å². The largest absolute Gasteiger partial charge is 0.290 e. The molecule has 0 radical (unpaired) electrons. The Morgan fingerprint density at radius 1 is 0.625 bits per heavy atom. The lowest BCUT2D eigenvalue weighted by atomic mass is 10.1. The van der Waals surface area contributed by atoms with Crippen LogP contribution in [0.2, 0.25) is 0 Å². The number of rotatable bonds is 4. The molecule has 0 atom stereocenters. The highest BCUT2D eigenvalue weighted by molar-refractivity contribution is 6.14. The molecule has 0 saturated carbocycles. The van der Waals surface area contributed by atoms with Crippen molar-refractivity contribution in [2.24, 2.45) is 0 Å². The van der Waals surface area contributed by atoms with Gasteiger partial charge in [-0.15, -0.1) is 0 Å². The van der Waals surface area contributed by atoms with Crippen LogP contribution in [0.5, 0.6) is 0 Å². The van der Waals surface area contributed by atoms with Gasteiger partial charge in [-0.3, -0.25) is 20.2 Å². The Labute approximate surface area is 137 Å². The zero-order chi connectivity index (χ0) is 16.8. The Bertz CT molecular complexity index is 782. The lowest BCUT2D eigenvalue weighted by Gasteiger charge is -2.09. The molecule has 2 amide bonds. The molecule has 2 aromatic heterocycles. The third kappa shape index (κ3) is 3.55. The van der Waals surface area contributed by atoms with Crippen LogP contribution in [0, 0.1) is 0 Å². The molecule has 0 aliphatic heterocycles. The molecular weight excluding hydrogens is 308 g/mol. The molecule has 2 N–H and O–H groups in total.